The van der Waals surface area contributed by atoms with Crippen LogP contribution in [0.15, 0.2) is 340 Å². The van der Waals surface area contributed by atoms with Gasteiger partial charge in [-0.1, -0.05) is 194 Å². The minimum absolute atomic E-state index is 1.04. The summed E-state index contributed by atoms with van der Waals surface area (Å²) in [5, 5.41) is 0. The van der Waals surface area contributed by atoms with E-state index in [1.165, 1.54) is 0 Å². The van der Waals surface area contributed by atoms with E-state index in [-0.39, 0.29) is 0 Å². The van der Waals surface area contributed by atoms with Crippen molar-refractivity contribution in [3.05, 3.63) is 362 Å². The fourth-order valence-corrected chi connectivity index (χ4v) is 10.5. The highest BCUT2D eigenvalue weighted by molar-refractivity contribution is 6.06. The van der Waals surface area contributed by atoms with E-state index in [2.05, 4.69) is 359 Å². The minimum Gasteiger partial charge on any atom is -0.311 e. The number of anilines is 12. The second-order valence-electron chi connectivity index (χ2n) is 19.0. The van der Waals surface area contributed by atoms with E-state index in [1.54, 1.807) is 0 Å². The fourth-order valence-electron chi connectivity index (χ4n) is 10.5. The van der Waals surface area contributed by atoms with E-state index in [1.807, 2.05) is 0 Å². The van der Waals surface area contributed by atoms with Crippen molar-refractivity contribution in [2.75, 3.05) is 19.6 Å². The van der Waals surface area contributed by atoms with Crippen LogP contribution in [-0.4, -0.2) is 0 Å². The standard InChI is InChI=1S/C74H56N4/c1-9-29-61(30-10-1)75(62-31-11-2-12-32-62)69-51-47-57(48-52-69)73(59-27-25-45-71(55-59)77(65-37-17-5-18-38-65)66-39-19-6-20-40-66)74(58-49-53-70(54-50-58)76(63-33-13-3-14-34-63)64-35-15-4-16-36-64)60-28-26-46-72(56-60)78(67-41-21-7-22-42-67)68-43-23-8-24-44-68/h1-56H/b74-73-. The van der Waals surface area contributed by atoms with E-state index < -0.39 is 0 Å². The maximum absolute atomic E-state index is 2.36. The van der Waals surface area contributed by atoms with Crippen molar-refractivity contribution < 1.29 is 0 Å². The van der Waals surface area contributed by atoms with Gasteiger partial charge in [0, 0.05) is 68.2 Å². The Hall–Kier alpha value is -10.4. The molecule has 0 N–H and O–H groups in total. The van der Waals surface area contributed by atoms with E-state index in [4.69, 9.17) is 0 Å². The lowest BCUT2D eigenvalue weighted by Gasteiger charge is -2.28. The molecule has 0 aromatic heterocycles. The third-order valence-corrected chi connectivity index (χ3v) is 14.0. The number of hydrogen-bond acceptors (Lipinski definition) is 4. The minimum atomic E-state index is 1.04. The van der Waals surface area contributed by atoms with Gasteiger partial charge in [-0.2, -0.15) is 0 Å². The molecular weight excluding hydrogens is 945 g/mol. The Morgan fingerprint density at radius 2 is 0.321 bits per heavy atom. The van der Waals surface area contributed by atoms with E-state index in [9.17, 15) is 0 Å². The Morgan fingerprint density at radius 1 is 0.141 bits per heavy atom. The van der Waals surface area contributed by atoms with Crippen molar-refractivity contribution in [3.63, 3.8) is 0 Å². The molecule has 0 saturated heterocycles. The third-order valence-electron chi connectivity index (χ3n) is 14.0. The highest BCUT2D eigenvalue weighted by Crippen LogP contribution is 2.45. The summed E-state index contributed by atoms with van der Waals surface area (Å²) in [6, 6.07) is 121. The monoisotopic (exact) mass is 1000 g/mol. The molecule has 0 bridgehead atoms. The summed E-state index contributed by atoms with van der Waals surface area (Å²) in [6.07, 6.45) is 0. The predicted octanol–water partition coefficient (Wildman–Crippen LogP) is 20.6. The molecule has 78 heavy (non-hydrogen) atoms. The summed E-state index contributed by atoms with van der Waals surface area (Å²) in [5.41, 5.74) is 19.3. The summed E-state index contributed by atoms with van der Waals surface area (Å²) in [4.78, 5) is 9.33. The maximum Gasteiger partial charge on any atom is 0.0467 e. The Balaban J connectivity index is 1.12. The summed E-state index contributed by atoms with van der Waals surface area (Å²) < 4.78 is 0. The van der Waals surface area contributed by atoms with E-state index >= 15 is 0 Å². The molecule has 0 amide bonds. The molecule has 0 fully saturated rings. The van der Waals surface area contributed by atoms with Gasteiger partial charge in [-0.15, -0.1) is 0 Å². The highest BCUT2D eigenvalue weighted by atomic mass is 15.2. The zero-order valence-electron chi connectivity index (χ0n) is 43.1. The molecule has 0 aliphatic carbocycles. The van der Waals surface area contributed by atoms with Crippen LogP contribution < -0.4 is 19.6 Å². The topological polar surface area (TPSA) is 13.0 Å². The lowest BCUT2D eigenvalue weighted by atomic mass is 9.85. The quantitative estimate of drug-likeness (QED) is 0.0894. The molecular formula is C74H56N4. The number of para-hydroxylation sites is 8. The number of benzene rings is 12. The van der Waals surface area contributed by atoms with E-state index in [0.717, 1.165) is 102 Å². The molecule has 0 spiro atoms. The Bertz CT molecular complexity index is 3440. The van der Waals surface area contributed by atoms with Crippen LogP contribution in [0, 0.1) is 0 Å². The van der Waals surface area contributed by atoms with Crippen LogP contribution in [0.4, 0.5) is 68.2 Å². The lowest BCUT2D eigenvalue weighted by molar-refractivity contribution is 1.27. The van der Waals surface area contributed by atoms with Crippen LogP contribution >= 0.6 is 0 Å². The SMILES string of the molecule is c1ccc(N(c2ccccc2)c2ccc(/C(=C(\c3ccc(N(c4ccccc4)c4ccccc4)cc3)c3cccc(N(c4ccccc4)c4ccccc4)c3)c3cccc(N(c4ccccc4)c4ccccc4)c3)cc2)cc1. The molecule has 0 aliphatic rings. The van der Waals surface area contributed by atoms with Crippen molar-refractivity contribution in [2.24, 2.45) is 0 Å². The number of rotatable bonds is 16. The van der Waals surface area contributed by atoms with Crippen molar-refractivity contribution >= 4 is 79.4 Å². The van der Waals surface area contributed by atoms with Gasteiger partial charge in [0.1, 0.15) is 0 Å². The Kier molecular flexibility index (Phi) is 14.3. The second-order valence-corrected chi connectivity index (χ2v) is 19.0. The molecule has 12 aromatic carbocycles. The van der Waals surface area contributed by atoms with Crippen LogP contribution in [0.25, 0.3) is 11.1 Å². The van der Waals surface area contributed by atoms with Crippen LogP contribution in [0.1, 0.15) is 22.3 Å². The van der Waals surface area contributed by atoms with Gasteiger partial charge in [-0.25, -0.2) is 0 Å². The van der Waals surface area contributed by atoms with Gasteiger partial charge >= 0.3 is 0 Å². The smallest absolute Gasteiger partial charge is 0.0467 e. The third kappa shape index (κ3) is 10.5. The maximum atomic E-state index is 2.36. The zero-order valence-corrected chi connectivity index (χ0v) is 43.1. The lowest BCUT2D eigenvalue weighted by Crippen LogP contribution is -2.11. The Morgan fingerprint density at radius 3 is 0.538 bits per heavy atom. The average Bonchev–Trinajstić information content (AvgIpc) is 3.59. The van der Waals surface area contributed by atoms with Crippen LogP contribution in [0.3, 0.4) is 0 Å². The molecule has 4 heteroatoms. The molecule has 372 valence electrons. The summed E-state index contributed by atoms with van der Waals surface area (Å²) >= 11 is 0. The van der Waals surface area contributed by atoms with Gasteiger partial charge in [-0.05, 0) is 179 Å². The summed E-state index contributed by atoms with van der Waals surface area (Å²) in [7, 11) is 0. The van der Waals surface area contributed by atoms with Gasteiger partial charge in [-0.3, -0.25) is 0 Å². The highest BCUT2D eigenvalue weighted by Gasteiger charge is 2.23. The summed E-state index contributed by atoms with van der Waals surface area (Å²) in [6.45, 7) is 0. The van der Waals surface area contributed by atoms with Gasteiger partial charge in [0.25, 0.3) is 0 Å². The molecule has 0 radical (unpaired) electrons. The van der Waals surface area contributed by atoms with Gasteiger partial charge in [0.05, 0.1) is 0 Å². The second kappa shape index (κ2) is 23.0. The molecule has 0 saturated carbocycles. The van der Waals surface area contributed by atoms with Gasteiger partial charge in [0.2, 0.25) is 0 Å². The normalized spacial score (nSPS) is 11.3. The van der Waals surface area contributed by atoms with Gasteiger partial charge < -0.3 is 19.6 Å². The fraction of sp³-hybridized carbons (Fsp3) is 0. The first-order valence-corrected chi connectivity index (χ1v) is 26.5. The first-order chi connectivity index (χ1) is 38.7. The van der Waals surface area contributed by atoms with E-state index in [0.29, 0.717) is 0 Å². The van der Waals surface area contributed by atoms with Crippen molar-refractivity contribution in [3.8, 4) is 0 Å². The average molecular weight is 1000 g/mol. The van der Waals surface area contributed by atoms with Crippen LogP contribution in [0.5, 0.6) is 0 Å². The molecule has 12 aromatic rings. The molecule has 0 unspecified atom stereocenters. The molecule has 0 heterocycles. The summed E-state index contributed by atoms with van der Waals surface area (Å²) in [5.74, 6) is 0. The number of nitrogens with zero attached hydrogens (tertiary/aromatic N) is 4. The Labute approximate surface area is 458 Å². The molecule has 0 aliphatic heterocycles. The van der Waals surface area contributed by atoms with Crippen molar-refractivity contribution in [2.45, 2.75) is 0 Å². The van der Waals surface area contributed by atoms with Gasteiger partial charge in [0.15, 0.2) is 0 Å². The predicted molar refractivity (Wildman–Crippen MR) is 330 cm³/mol. The molecule has 0 atom stereocenters. The molecule has 4 nitrogen and oxygen atoms in total. The van der Waals surface area contributed by atoms with Crippen molar-refractivity contribution in [1.82, 2.24) is 0 Å². The zero-order chi connectivity index (χ0) is 52.3. The first-order valence-electron chi connectivity index (χ1n) is 26.5. The largest absolute Gasteiger partial charge is 0.311 e. The van der Waals surface area contributed by atoms with Crippen LogP contribution in [0.2, 0.25) is 0 Å². The van der Waals surface area contributed by atoms with Crippen LogP contribution in [-0.2, 0) is 0 Å². The van der Waals surface area contributed by atoms with Crippen molar-refractivity contribution in [1.29, 1.82) is 0 Å². The molecule has 12 rings (SSSR count). The first kappa shape index (κ1) is 48.5. The number of hydrogen-bond donors (Lipinski definition) is 0.